The topological polar surface area (TPSA) is 73.3 Å². The molecule has 0 amide bonds. The predicted octanol–water partition coefficient (Wildman–Crippen LogP) is 1.49. The number of aliphatic hydroxyl groups excluding tert-OH is 1. The Hall–Kier alpha value is -1.55. The van der Waals surface area contributed by atoms with E-state index < -0.39 is 0 Å². The highest BCUT2D eigenvalue weighted by molar-refractivity contribution is 6.00. The SMILES string of the molecule is Cc1ccc(C(=N)N)c(N2CCC(C(C)O)C2)c1. The zero-order chi connectivity index (χ0) is 13.3. The number of rotatable bonds is 3. The van der Waals surface area contributed by atoms with Gasteiger partial charge in [0.05, 0.1) is 6.10 Å². The monoisotopic (exact) mass is 247 g/mol. The van der Waals surface area contributed by atoms with Crippen molar-refractivity contribution in [3.8, 4) is 0 Å². The summed E-state index contributed by atoms with van der Waals surface area (Å²) >= 11 is 0. The number of aliphatic hydroxyl groups is 1. The number of benzene rings is 1. The average Bonchev–Trinajstić information content (AvgIpc) is 2.77. The van der Waals surface area contributed by atoms with E-state index >= 15 is 0 Å². The van der Waals surface area contributed by atoms with Crippen molar-refractivity contribution in [1.29, 1.82) is 5.41 Å². The molecule has 1 aromatic carbocycles. The van der Waals surface area contributed by atoms with Gasteiger partial charge in [0.25, 0.3) is 0 Å². The molecule has 1 heterocycles. The first-order chi connectivity index (χ1) is 8.49. The van der Waals surface area contributed by atoms with Crippen molar-refractivity contribution < 1.29 is 5.11 Å². The minimum atomic E-state index is -0.277. The third kappa shape index (κ3) is 2.48. The number of hydrogen-bond donors (Lipinski definition) is 3. The van der Waals surface area contributed by atoms with E-state index in [0.717, 1.165) is 36.3 Å². The molecule has 1 saturated heterocycles. The van der Waals surface area contributed by atoms with Crippen LogP contribution in [0.4, 0.5) is 5.69 Å². The number of anilines is 1. The molecule has 1 aliphatic heterocycles. The molecule has 0 spiro atoms. The number of amidine groups is 1. The summed E-state index contributed by atoms with van der Waals surface area (Å²) in [4.78, 5) is 2.22. The molecule has 1 fully saturated rings. The molecule has 0 saturated carbocycles. The lowest BCUT2D eigenvalue weighted by Gasteiger charge is -2.23. The predicted molar refractivity (Wildman–Crippen MR) is 74.2 cm³/mol. The van der Waals surface area contributed by atoms with Crippen LogP contribution in [0.3, 0.4) is 0 Å². The summed E-state index contributed by atoms with van der Waals surface area (Å²) in [6.07, 6.45) is 0.712. The van der Waals surface area contributed by atoms with E-state index in [2.05, 4.69) is 11.0 Å². The molecule has 2 rings (SSSR count). The van der Waals surface area contributed by atoms with Crippen LogP contribution in [-0.2, 0) is 0 Å². The van der Waals surface area contributed by atoms with Crippen molar-refractivity contribution in [1.82, 2.24) is 0 Å². The zero-order valence-electron chi connectivity index (χ0n) is 11.0. The minimum Gasteiger partial charge on any atom is -0.393 e. The van der Waals surface area contributed by atoms with Gasteiger partial charge in [0.2, 0.25) is 0 Å². The van der Waals surface area contributed by atoms with Crippen LogP contribution >= 0.6 is 0 Å². The molecule has 98 valence electrons. The van der Waals surface area contributed by atoms with E-state index in [9.17, 15) is 5.11 Å². The second kappa shape index (κ2) is 4.98. The lowest BCUT2D eigenvalue weighted by Crippen LogP contribution is -2.26. The van der Waals surface area contributed by atoms with Gasteiger partial charge in [0.15, 0.2) is 0 Å². The van der Waals surface area contributed by atoms with Crippen LogP contribution < -0.4 is 10.6 Å². The number of nitrogen functional groups attached to an aromatic ring is 1. The molecule has 4 N–H and O–H groups in total. The first-order valence-corrected chi connectivity index (χ1v) is 6.37. The highest BCUT2D eigenvalue weighted by atomic mass is 16.3. The molecule has 1 aliphatic rings. The molecule has 1 aromatic rings. The Balaban J connectivity index is 2.28. The molecule has 18 heavy (non-hydrogen) atoms. The summed E-state index contributed by atoms with van der Waals surface area (Å²) in [6.45, 7) is 5.63. The van der Waals surface area contributed by atoms with Gasteiger partial charge < -0.3 is 15.7 Å². The standard InChI is InChI=1S/C14H21N3O/c1-9-3-4-12(14(15)16)13(7-9)17-6-5-11(8-17)10(2)18/h3-4,7,10-11,18H,5-6,8H2,1-2H3,(H3,15,16). The second-order valence-corrected chi connectivity index (χ2v) is 5.17. The molecule has 2 atom stereocenters. The lowest BCUT2D eigenvalue weighted by molar-refractivity contribution is 0.136. The first-order valence-electron chi connectivity index (χ1n) is 6.37. The fourth-order valence-electron chi connectivity index (χ4n) is 2.53. The summed E-state index contributed by atoms with van der Waals surface area (Å²) in [6, 6.07) is 5.95. The van der Waals surface area contributed by atoms with Crippen LogP contribution in [-0.4, -0.2) is 30.1 Å². The highest BCUT2D eigenvalue weighted by Gasteiger charge is 2.27. The lowest BCUT2D eigenvalue weighted by atomic mass is 10.0. The molecule has 0 radical (unpaired) electrons. The van der Waals surface area contributed by atoms with E-state index in [1.54, 1.807) is 0 Å². The molecule has 2 unspecified atom stereocenters. The van der Waals surface area contributed by atoms with E-state index in [4.69, 9.17) is 11.1 Å². The van der Waals surface area contributed by atoms with E-state index in [-0.39, 0.29) is 11.9 Å². The fraction of sp³-hybridized carbons (Fsp3) is 0.500. The maximum Gasteiger partial charge on any atom is 0.124 e. The van der Waals surface area contributed by atoms with Crippen LogP contribution in [0.25, 0.3) is 0 Å². The summed E-state index contributed by atoms with van der Waals surface area (Å²) in [5, 5.41) is 17.3. The third-order valence-electron chi connectivity index (χ3n) is 3.69. The quantitative estimate of drug-likeness (QED) is 0.559. The van der Waals surface area contributed by atoms with Gasteiger partial charge in [-0.1, -0.05) is 6.07 Å². The smallest absolute Gasteiger partial charge is 0.124 e. The van der Waals surface area contributed by atoms with Gasteiger partial charge in [-0.2, -0.15) is 0 Å². The van der Waals surface area contributed by atoms with Crippen LogP contribution in [0.2, 0.25) is 0 Å². The van der Waals surface area contributed by atoms with Gasteiger partial charge in [-0.15, -0.1) is 0 Å². The summed E-state index contributed by atoms with van der Waals surface area (Å²) in [7, 11) is 0. The van der Waals surface area contributed by atoms with Gasteiger partial charge in [-0.05, 0) is 38.0 Å². The maximum atomic E-state index is 9.66. The number of aryl methyl sites for hydroxylation is 1. The van der Waals surface area contributed by atoms with E-state index in [1.165, 1.54) is 0 Å². The van der Waals surface area contributed by atoms with Crippen LogP contribution in [0.5, 0.6) is 0 Å². The van der Waals surface area contributed by atoms with Crippen molar-refractivity contribution >= 4 is 11.5 Å². The number of nitrogens with one attached hydrogen (secondary N) is 1. The molecule has 4 nitrogen and oxygen atoms in total. The van der Waals surface area contributed by atoms with E-state index in [0.29, 0.717) is 5.92 Å². The van der Waals surface area contributed by atoms with Crippen molar-refractivity contribution in [2.75, 3.05) is 18.0 Å². The van der Waals surface area contributed by atoms with Crippen molar-refractivity contribution in [2.45, 2.75) is 26.4 Å². The Bertz CT molecular complexity index is 456. The Morgan fingerprint density at radius 2 is 2.28 bits per heavy atom. The van der Waals surface area contributed by atoms with Gasteiger partial charge in [0, 0.05) is 30.3 Å². The second-order valence-electron chi connectivity index (χ2n) is 5.17. The van der Waals surface area contributed by atoms with Gasteiger partial charge in [-0.25, -0.2) is 0 Å². The van der Waals surface area contributed by atoms with Crippen molar-refractivity contribution in [3.63, 3.8) is 0 Å². The van der Waals surface area contributed by atoms with E-state index in [1.807, 2.05) is 26.0 Å². The molecular formula is C14H21N3O. The van der Waals surface area contributed by atoms with Crippen LogP contribution in [0, 0.1) is 18.3 Å². The number of nitrogens with two attached hydrogens (primary N) is 1. The molecule has 0 aromatic heterocycles. The molecule has 0 aliphatic carbocycles. The Morgan fingerprint density at radius 1 is 1.56 bits per heavy atom. The number of nitrogens with zero attached hydrogens (tertiary/aromatic N) is 1. The molecule has 4 heteroatoms. The highest BCUT2D eigenvalue weighted by Crippen LogP contribution is 2.29. The number of hydrogen-bond acceptors (Lipinski definition) is 3. The fourth-order valence-corrected chi connectivity index (χ4v) is 2.53. The normalized spacial score (nSPS) is 21.1. The van der Waals surface area contributed by atoms with Gasteiger partial charge >= 0.3 is 0 Å². The zero-order valence-corrected chi connectivity index (χ0v) is 11.0. The third-order valence-corrected chi connectivity index (χ3v) is 3.69. The van der Waals surface area contributed by atoms with Gasteiger partial charge in [0.1, 0.15) is 5.84 Å². The molecular weight excluding hydrogens is 226 g/mol. The van der Waals surface area contributed by atoms with Gasteiger partial charge in [-0.3, -0.25) is 5.41 Å². The van der Waals surface area contributed by atoms with Crippen molar-refractivity contribution in [3.05, 3.63) is 29.3 Å². The Labute approximate surface area is 108 Å². The van der Waals surface area contributed by atoms with Crippen LogP contribution in [0.1, 0.15) is 24.5 Å². The summed E-state index contributed by atoms with van der Waals surface area (Å²) < 4.78 is 0. The summed E-state index contributed by atoms with van der Waals surface area (Å²) in [5.41, 5.74) is 8.60. The largest absolute Gasteiger partial charge is 0.393 e. The maximum absolute atomic E-state index is 9.66. The van der Waals surface area contributed by atoms with Crippen LogP contribution in [0.15, 0.2) is 18.2 Å². The first kappa shape index (κ1) is 12.9. The minimum absolute atomic E-state index is 0.102. The Morgan fingerprint density at radius 3 is 2.83 bits per heavy atom. The average molecular weight is 247 g/mol. The molecule has 0 bridgehead atoms. The summed E-state index contributed by atoms with van der Waals surface area (Å²) in [5.74, 6) is 0.413. The van der Waals surface area contributed by atoms with Crippen molar-refractivity contribution in [2.24, 2.45) is 11.7 Å². The Kier molecular flexibility index (Phi) is 3.57.